The lowest BCUT2D eigenvalue weighted by Crippen LogP contribution is -2.66. The number of carbonyl (C=O) groups excluding carboxylic acids is 2. The Morgan fingerprint density at radius 2 is 2.00 bits per heavy atom. The molecule has 1 aliphatic heterocycles. The van der Waals surface area contributed by atoms with Gasteiger partial charge in [0.1, 0.15) is 11.7 Å². The van der Waals surface area contributed by atoms with Gasteiger partial charge in [0.05, 0.1) is 12.2 Å². The van der Waals surface area contributed by atoms with E-state index in [0.29, 0.717) is 36.2 Å². The van der Waals surface area contributed by atoms with E-state index in [4.69, 9.17) is 21.1 Å². The van der Waals surface area contributed by atoms with Crippen LogP contribution in [0.5, 0.6) is 5.75 Å². The summed E-state index contributed by atoms with van der Waals surface area (Å²) >= 11 is 6.20. The number of hydrogen-bond acceptors (Lipinski definition) is 5. The van der Waals surface area contributed by atoms with Crippen molar-refractivity contribution < 1.29 is 19.1 Å². The van der Waals surface area contributed by atoms with Crippen molar-refractivity contribution in [3.8, 4) is 5.75 Å². The van der Waals surface area contributed by atoms with Crippen molar-refractivity contribution >= 4 is 23.6 Å². The highest BCUT2D eigenvalue weighted by atomic mass is 35.5. The predicted octanol–water partition coefficient (Wildman–Crippen LogP) is 3.15. The van der Waals surface area contributed by atoms with Gasteiger partial charge in [-0.1, -0.05) is 11.6 Å². The third-order valence-corrected chi connectivity index (χ3v) is 4.98. The summed E-state index contributed by atoms with van der Waals surface area (Å²) in [4.78, 5) is 29.0. The molecule has 7 nitrogen and oxygen atoms in total. The number of aromatic nitrogens is 1. The first-order chi connectivity index (χ1) is 12.6. The fraction of sp³-hybridized carbons (Fsp3) is 0.632. The van der Waals surface area contributed by atoms with E-state index in [1.807, 2.05) is 20.8 Å². The van der Waals surface area contributed by atoms with Gasteiger partial charge in [-0.25, -0.2) is 9.78 Å². The van der Waals surface area contributed by atoms with Gasteiger partial charge in [0, 0.05) is 25.4 Å². The van der Waals surface area contributed by atoms with Gasteiger partial charge in [-0.15, -0.1) is 0 Å². The molecule has 0 aromatic carbocycles. The minimum Gasteiger partial charge on any atom is -0.487 e. The Labute approximate surface area is 164 Å². The molecule has 0 bridgehead atoms. The smallest absolute Gasteiger partial charge is 0.410 e. The SMILES string of the molecule is CC(=O)NCc1ccc(OC2CC3(C2)CN(C(=O)OC(C)(C)C)C3)c(Cl)n1. The molecule has 2 heterocycles. The molecule has 1 aliphatic carbocycles. The molecule has 0 atom stereocenters. The van der Waals surface area contributed by atoms with Gasteiger partial charge in [0.25, 0.3) is 0 Å². The topological polar surface area (TPSA) is 80.8 Å². The second-order valence-electron chi connectivity index (χ2n) is 8.49. The molecule has 2 fully saturated rings. The van der Waals surface area contributed by atoms with Gasteiger partial charge in [-0.2, -0.15) is 0 Å². The molecule has 3 rings (SSSR count). The fourth-order valence-corrected chi connectivity index (χ4v) is 3.72. The Morgan fingerprint density at radius 3 is 2.56 bits per heavy atom. The highest BCUT2D eigenvalue weighted by Crippen LogP contribution is 2.50. The molecule has 148 valence electrons. The van der Waals surface area contributed by atoms with Crippen LogP contribution < -0.4 is 10.1 Å². The molecule has 1 aromatic rings. The summed E-state index contributed by atoms with van der Waals surface area (Å²) in [5.74, 6) is 0.431. The zero-order chi connectivity index (χ0) is 19.8. The Hall–Kier alpha value is -2.02. The first kappa shape index (κ1) is 19.7. The molecule has 2 aliphatic rings. The number of nitrogens with zero attached hydrogens (tertiary/aromatic N) is 2. The van der Waals surface area contributed by atoms with Crippen LogP contribution in [0, 0.1) is 5.41 Å². The van der Waals surface area contributed by atoms with Crippen LogP contribution in [-0.4, -0.2) is 46.7 Å². The molecule has 1 spiro atoms. The van der Waals surface area contributed by atoms with Gasteiger partial charge < -0.3 is 19.7 Å². The van der Waals surface area contributed by atoms with E-state index in [2.05, 4.69) is 10.3 Å². The highest BCUT2D eigenvalue weighted by molar-refractivity contribution is 6.30. The molecule has 1 saturated carbocycles. The molecular formula is C19H26ClN3O4. The minimum atomic E-state index is -0.471. The highest BCUT2D eigenvalue weighted by Gasteiger charge is 2.55. The van der Waals surface area contributed by atoms with E-state index < -0.39 is 5.60 Å². The van der Waals surface area contributed by atoms with E-state index in [-0.39, 0.29) is 23.5 Å². The maximum absolute atomic E-state index is 12.0. The quantitative estimate of drug-likeness (QED) is 0.792. The fourth-order valence-electron chi connectivity index (χ4n) is 3.51. The summed E-state index contributed by atoms with van der Waals surface area (Å²) in [6.45, 7) is 8.82. The lowest BCUT2D eigenvalue weighted by molar-refractivity contribution is -0.119. The molecule has 27 heavy (non-hydrogen) atoms. The average Bonchev–Trinajstić information content (AvgIpc) is 2.45. The van der Waals surface area contributed by atoms with Gasteiger partial charge in [-0.05, 0) is 45.7 Å². The van der Waals surface area contributed by atoms with Crippen molar-refractivity contribution in [1.82, 2.24) is 15.2 Å². The molecule has 1 aromatic heterocycles. The van der Waals surface area contributed by atoms with Crippen molar-refractivity contribution in [1.29, 1.82) is 0 Å². The normalized spacial score (nSPS) is 18.5. The molecular weight excluding hydrogens is 370 g/mol. The maximum Gasteiger partial charge on any atom is 0.410 e. The Morgan fingerprint density at radius 1 is 1.33 bits per heavy atom. The zero-order valence-electron chi connectivity index (χ0n) is 16.2. The number of rotatable bonds is 4. The Kier molecular flexibility index (Phi) is 5.25. The number of hydrogen-bond donors (Lipinski definition) is 1. The zero-order valence-corrected chi connectivity index (χ0v) is 16.9. The summed E-state index contributed by atoms with van der Waals surface area (Å²) in [5, 5.41) is 2.98. The minimum absolute atomic E-state index is 0.0753. The molecule has 8 heteroatoms. The second-order valence-corrected chi connectivity index (χ2v) is 8.84. The second kappa shape index (κ2) is 7.19. The van der Waals surface area contributed by atoms with E-state index >= 15 is 0 Å². The van der Waals surface area contributed by atoms with E-state index in [9.17, 15) is 9.59 Å². The lowest BCUT2D eigenvalue weighted by Gasteiger charge is -2.58. The number of pyridine rings is 1. The number of nitrogens with one attached hydrogen (secondary N) is 1. The number of carbonyl (C=O) groups is 2. The van der Waals surface area contributed by atoms with Crippen LogP contribution in [0.4, 0.5) is 4.79 Å². The largest absolute Gasteiger partial charge is 0.487 e. The summed E-state index contributed by atoms with van der Waals surface area (Å²) in [6.07, 6.45) is 1.60. The third kappa shape index (κ3) is 4.83. The summed E-state index contributed by atoms with van der Waals surface area (Å²) in [6, 6.07) is 3.57. The van der Waals surface area contributed by atoms with Gasteiger partial charge >= 0.3 is 6.09 Å². The van der Waals surface area contributed by atoms with Gasteiger partial charge in [-0.3, -0.25) is 4.79 Å². The first-order valence-electron chi connectivity index (χ1n) is 9.10. The molecule has 0 unspecified atom stereocenters. The maximum atomic E-state index is 12.0. The lowest BCUT2D eigenvalue weighted by atomic mass is 9.62. The van der Waals surface area contributed by atoms with Crippen molar-refractivity contribution in [2.75, 3.05) is 13.1 Å². The standard InChI is InChI=1S/C19H26ClN3O4/c1-12(24)21-9-13-5-6-15(16(20)22-13)26-14-7-19(8-14)10-23(11-19)17(25)27-18(2,3)4/h5-6,14H,7-11H2,1-4H3,(H,21,24). The Bertz CT molecular complexity index is 733. The van der Waals surface area contributed by atoms with Crippen molar-refractivity contribution in [2.45, 2.75) is 58.8 Å². The first-order valence-corrected chi connectivity index (χ1v) is 9.48. The summed E-state index contributed by atoms with van der Waals surface area (Å²) in [7, 11) is 0. The molecule has 0 radical (unpaired) electrons. The number of likely N-dealkylation sites (tertiary alicyclic amines) is 1. The average molecular weight is 396 g/mol. The van der Waals surface area contributed by atoms with Crippen LogP contribution in [-0.2, 0) is 16.1 Å². The van der Waals surface area contributed by atoms with Crippen LogP contribution in [0.1, 0.15) is 46.2 Å². The predicted molar refractivity (Wildman–Crippen MR) is 101 cm³/mol. The van der Waals surface area contributed by atoms with E-state index in [0.717, 1.165) is 12.8 Å². The van der Waals surface area contributed by atoms with Gasteiger partial charge in [0.15, 0.2) is 10.9 Å². The van der Waals surface area contributed by atoms with Crippen LogP contribution in [0.15, 0.2) is 12.1 Å². The van der Waals surface area contributed by atoms with Crippen molar-refractivity contribution in [3.63, 3.8) is 0 Å². The van der Waals surface area contributed by atoms with E-state index in [1.165, 1.54) is 6.92 Å². The molecule has 1 N–H and O–H groups in total. The van der Waals surface area contributed by atoms with Crippen molar-refractivity contribution in [3.05, 3.63) is 23.0 Å². The van der Waals surface area contributed by atoms with Crippen molar-refractivity contribution in [2.24, 2.45) is 5.41 Å². The van der Waals surface area contributed by atoms with Crippen LogP contribution in [0.25, 0.3) is 0 Å². The number of ether oxygens (including phenoxy) is 2. The number of amides is 2. The summed E-state index contributed by atoms with van der Waals surface area (Å²) in [5.41, 5.74) is 0.355. The third-order valence-electron chi connectivity index (χ3n) is 4.71. The molecule has 1 saturated heterocycles. The summed E-state index contributed by atoms with van der Waals surface area (Å²) < 4.78 is 11.3. The van der Waals surface area contributed by atoms with E-state index in [1.54, 1.807) is 17.0 Å². The Balaban J connectivity index is 1.45. The van der Waals surface area contributed by atoms with Crippen LogP contribution in [0.3, 0.4) is 0 Å². The van der Waals surface area contributed by atoms with Gasteiger partial charge in [0.2, 0.25) is 5.91 Å². The van der Waals surface area contributed by atoms with Crippen LogP contribution in [0.2, 0.25) is 5.15 Å². The number of halogens is 1. The monoisotopic (exact) mass is 395 g/mol. The molecule has 2 amide bonds. The van der Waals surface area contributed by atoms with Crippen LogP contribution >= 0.6 is 11.6 Å².